The van der Waals surface area contributed by atoms with Crippen molar-refractivity contribution >= 4 is 5.95 Å². The first kappa shape index (κ1) is 20.9. The number of rotatable bonds is 8. The number of nitrogens with one attached hydrogen (secondary N) is 2. The highest BCUT2D eigenvalue weighted by molar-refractivity contribution is 5.31. The minimum Gasteiger partial charge on any atom is -0.494 e. The predicted molar refractivity (Wildman–Crippen MR) is 120 cm³/mol. The second kappa shape index (κ2) is 10.6. The van der Waals surface area contributed by atoms with Crippen LogP contribution in [-0.2, 0) is 19.4 Å². The zero-order valence-corrected chi connectivity index (χ0v) is 17.9. The monoisotopic (exact) mass is 410 g/mol. The van der Waals surface area contributed by atoms with Crippen molar-refractivity contribution in [1.29, 1.82) is 0 Å². The van der Waals surface area contributed by atoms with Gasteiger partial charge in [-0.25, -0.2) is 4.98 Å². The molecule has 2 N–H and O–H groups in total. The molecule has 2 aromatic rings. The summed E-state index contributed by atoms with van der Waals surface area (Å²) in [6, 6.07) is 8.45. The number of nitrogens with zero attached hydrogens (tertiary/aromatic N) is 2. The van der Waals surface area contributed by atoms with Crippen molar-refractivity contribution in [2.45, 2.75) is 64.3 Å². The van der Waals surface area contributed by atoms with Crippen LogP contribution < -0.4 is 15.6 Å². The molecule has 0 saturated carbocycles. The van der Waals surface area contributed by atoms with Crippen LogP contribution >= 0.6 is 0 Å². The highest BCUT2D eigenvalue weighted by Gasteiger charge is 2.14. The van der Waals surface area contributed by atoms with Gasteiger partial charge in [0.2, 0.25) is 5.95 Å². The van der Waals surface area contributed by atoms with Crippen LogP contribution in [0.3, 0.4) is 0 Å². The summed E-state index contributed by atoms with van der Waals surface area (Å²) in [4.78, 5) is 22.4. The molecule has 0 unspecified atom stereocenters. The molecule has 1 aromatic carbocycles. The summed E-state index contributed by atoms with van der Waals surface area (Å²) < 4.78 is 5.95. The van der Waals surface area contributed by atoms with Crippen LogP contribution in [0.25, 0.3) is 0 Å². The highest BCUT2D eigenvalue weighted by atomic mass is 16.5. The molecule has 0 spiro atoms. The Morgan fingerprint density at radius 2 is 1.90 bits per heavy atom. The van der Waals surface area contributed by atoms with E-state index in [2.05, 4.69) is 38.4 Å². The third-order valence-corrected chi connectivity index (χ3v) is 6.08. The van der Waals surface area contributed by atoms with Crippen molar-refractivity contribution < 1.29 is 4.74 Å². The van der Waals surface area contributed by atoms with E-state index in [0.717, 1.165) is 62.2 Å². The van der Waals surface area contributed by atoms with Crippen molar-refractivity contribution in [2.24, 2.45) is 0 Å². The SMILES string of the molecule is O=c1[nH]c(NCCCOc2cccc(CN3CCCCC3)c2)nc2c1CCCCC2. The molecule has 6 heteroatoms. The molecule has 162 valence electrons. The lowest BCUT2D eigenvalue weighted by molar-refractivity contribution is 0.220. The second-order valence-corrected chi connectivity index (χ2v) is 8.51. The topological polar surface area (TPSA) is 70.2 Å². The van der Waals surface area contributed by atoms with Gasteiger partial charge in [0.1, 0.15) is 5.75 Å². The fourth-order valence-electron chi connectivity index (χ4n) is 4.44. The zero-order valence-electron chi connectivity index (χ0n) is 17.9. The van der Waals surface area contributed by atoms with E-state index in [0.29, 0.717) is 12.6 Å². The van der Waals surface area contributed by atoms with Crippen molar-refractivity contribution in [1.82, 2.24) is 14.9 Å². The number of fused-ring (bicyclic) bond motifs is 1. The maximum Gasteiger partial charge on any atom is 0.255 e. The summed E-state index contributed by atoms with van der Waals surface area (Å²) in [5.41, 5.74) is 3.19. The Labute approximate surface area is 179 Å². The molecule has 1 saturated heterocycles. The van der Waals surface area contributed by atoms with Gasteiger partial charge in [0.25, 0.3) is 5.56 Å². The maximum atomic E-state index is 12.3. The third-order valence-electron chi connectivity index (χ3n) is 6.08. The molecule has 2 heterocycles. The molecule has 2 aliphatic rings. The van der Waals surface area contributed by atoms with Crippen LogP contribution in [-0.4, -0.2) is 41.1 Å². The molecule has 4 rings (SSSR count). The van der Waals surface area contributed by atoms with Gasteiger partial charge in [0, 0.05) is 18.7 Å². The average Bonchev–Trinajstić information content (AvgIpc) is 3.01. The number of aryl methyl sites for hydroxylation is 1. The van der Waals surface area contributed by atoms with Crippen LogP contribution in [0.5, 0.6) is 5.75 Å². The van der Waals surface area contributed by atoms with Crippen LogP contribution in [0.1, 0.15) is 61.8 Å². The Morgan fingerprint density at radius 1 is 1.07 bits per heavy atom. The van der Waals surface area contributed by atoms with E-state index >= 15 is 0 Å². The number of aromatic amines is 1. The number of benzene rings is 1. The molecule has 0 radical (unpaired) electrons. The standard InChI is InChI=1S/C24H34N4O2/c29-23-21-11-3-1-4-12-22(21)26-24(27-23)25-13-8-16-30-20-10-7-9-19(17-20)18-28-14-5-2-6-15-28/h7,9-10,17H,1-6,8,11-16,18H2,(H2,25,26,27,29). The van der Waals surface area contributed by atoms with E-state index in [1.54, 1.807) is 0 Å². The normalized spacial score (nSPS) is 17.2. The molecule has 1 fully saturated rings. The number of H-pyrrole nitrogens is 1. The van der Waals surface area contributed by atoms with E-state index < -0.39 is 0 Å². The number of likely N-dealkylation sites (tertiary alicyclic amines) is 1. The smallest absolute Gasteiger partial charge is 0.255 e. The predicted octanol–water partition coefficient (Wildman–Crippen LogP) is 3.91. The molecule has 30 heavy (non-hydrogen) atoms. The fraction of sp³-hybridized carbons (Fsp3) is 0.583. The largest absolute Gasteiger partial charge is 0.494 e. The zero-order chi connectivity index (χ0) is 20.6. The summed E-state index contributed by atoms with van der Waals surface area (Å²) in [5, 5.41) is 3.25. The fourth-order valence-corrected chi connectivity index (χ4v) is 4.44. The lowest BCUT2D eigenvalue weighted by Gasteiger charge is -2.26. The maximum absolute atomic E-state index is 12.3. The minimum atomic E-state index is 0.0196. The van der Waals surface area contributed by atoms with Gasteiger partial charge in [-0.1, -0.05) is 25.0 Å². The number of ether oxygens (including phenoxy) is 1. The van der Waals surface area contributed by atoms with E-state index in [-0.39, 0.29) is 5.56 Å². The highest BCUT2D eigenvalue weighted by Crippen LogP contribution is 2.18. The molecule has 1 aromatic heterocycles. The van der Waals surface area contributed by atoms with Gasteiger partial charge in [-0.15, -0.1) is 0 Å². The Balaban J connectivity index is 1.22. The molecule has 0 bridgehead atoms. The molecular formula is C24H34N4O2. The summed E-state index contributed by atoms with van der Waals surface area (Å²) in [7, 11) is 0. The first-order valence-corrected chi connectivity index (χ1v) is 11.6. The number of hydrogen-bond acceptors (Lipinski definition) is 5. The van der Waals surface area contributed by atoms with E-state index in [1.807, 2.05) is 6.07 Å². The first-order valence-electron chi connectivity index (χ1n) is 11.6. The lowest BCUT2D eigenvalue weighted by Crippen LogP contribution is -2.29. The van der Waals surface area contributed by atoms with Crippen LogP contribution in [0, 0.1) is 0 Å². The van der Waals surface area contributed by atoms with Gasteiger partial charge in [-0.05, 0) is 75.7 Å². The van der Waals surface area contributed by atoms with E-state index in [4.69, 9.17) is 4.74 Å². The summed E-state index contributed by atoms with van der Waals surface area (Å²) in [6.07, 6.45) is 9.97. The van der Waals surface area contributed by atoms with Crippen molar-refractivity contribution in [3.05, 3.63) is 51.4 Å². The molecule has 0 amide bonds. The number of piperidine rings is 1. The molecule has 0 atom stereocenters. The minimum absolute atomic E-state index is 0.0196. The van der Waals surface area contributed by atoms with Crippen LogP contribution in [0.4, 0.5) is 5.95 Å². The Kier molecular flexibility index (Phi) is 7.40. The average molecular weight is 411 g/mol. The molecule has 1 aliphatic heterocycles. The van der Waals surface area contributed by atoms with Crippen molar-refractivity contribution in [3.8, 4) is 5.75 Å². The number of anilines is 1. The lowest BCUT2D eigenvalue weighted by atomic mass is 10.1. The second-order valence-electron chi connectivity index (χ2n) is 8.51. The summed E-state index contributed by atoms with van der Waals surface area (Å²) in [6.45, 7) is 4.77. The quantitative estimate of drug-likeness (QED) is 0.510. The molecular weight excluding hydrogens is 376 g/mol. The van der Waals surface area contributed by atoms with Gasteiger partial charge in [-0.2, -0.15) is 0 Å². The third kappa shape index (κ3) is 5.85. The Morgan fingerprint density at radius 3 is 2.80 bits per heavy atom. The van der Waals surface area contributed by atoms with Gasteiger partial charge < -0.3 is 10.1 Å². The Hall–Kier alpha value is -2.34. The van der Waals surface area contributed by atoms with Gasteiger partial charge in [0.15, 0.2) is 0 Å². The van der Waals surface area contributed by atoms with Gasteiger partial charge in [-0.3, -0.25) is 14.7 Å². The van der Waals surface area contributed by atoms with E-state index in [1.165, 1.54) is 44.3 Å². The Bertz CT molecular complexity index is 874. The summed E-state index contributed by atoms with van der Waals surface area (Å²) in [5.74, 6) is 1.52. The number of hydrogen-bond donors (Lipinski definition) is 2. The van der Waals surface area contributed by atoms with Gasteiger partial charge in [0.05, 0.1) is 12.3 Å². The van der Waals surface area contributed by atoms with Crippen LogP contribution in [0.2, 0.25) is 0 Å². The van der Waals surface area contributed by atoms with Crippen molar-refractivity contribution in [2.75, 3.05) is 31.6 Å². The first-order chi connectivity index (χ1) is 14.8. The number of aromatic nitrogens is 2. The van der Waals surface area contributed by atoms with Crippen molar-refractivity contribution in [3.63, 3.8) is 0 Å². The van der Waals surface area contributed by atoms with Gasteiger partial charge >= 0.3 is 0 Å². The van der Waals surface area contributed by atoms with E-state index in [9.17, 15) is 4.79 Å². The molecule has 6 nitrogen and oxygen atoms in total. The molecule has 1 aliphatic carbocycles. The van der Waals surface area contributed by atoms with Crippen LogP contribution in [0.15, 0.2) is 29.1 Å². The summed E-state index contributed by atoms with van der Waals surface area (Å²) >= 11 is 0.